The van der Waals surface area contributed by atoms with E-state index in [1.165, 1.54) is 4.90 Å². The van der Waals surface area contributed by atoms with Crippen molar-refractivity contribution in [3.05, 3.63) is 28.8 Å². The zero-order chi connectivity index (χ0) is 20.6. The van der Waals surface area contributed by atoms with E-state index < -0.39 is 22.9 Å². The number of hydrogen-bond donors (Lipinski definition) is 2. The van der Waals surface area contributed by atoms with E-state index in [1.54, 1.807) is 12.1 Å². The molecule has 1 aromatic rings. The van der Waals surface area contributed by atoms with Gasteiger partial charge in [-0.15, -0.1) is 0 Å². The Labute approximate surface area is 170 Å². The van der Waals surface area contributed by atoms with Crippen molar-refractivity contribution in [3.8, 4) is 0 Å². The summed E-state index contributed by atoms with van der Waals surface area (Å²) in [7, 11) is 0. The molecule has 1 spiro atoms. The second-order valence-corrected chi connectivity index (χ2v) is 9.90. The maximum Gasteiger partial charge on any atom is 0.250 e. The van der Waals surface area contributed by atoms with Gasteiger partial charge >= 0.3 is 0 Å². The van der Waals surface area contributed by atoms with E-state index in [4.69, 9.17) is 11.6 Å². The summed E-state index contributed by atoms with van der Waals surface area (Å²) in [5, 5.41) is 6.71. The molecular weight excluding hydrogens is 378 g/mol. The summed E-state index contributed by atoms with van der Waals surface area (Å²) < 4.78 is 0. The number of amides is 3. The Balaban J connectivity index is 1.91. The van der Waals surface area contributed by atoms with Gasteiger partial charge in [0.1, 0.15) is 5.54 Å². The molecule has 3 aliphatic heterocycles. The fourth-order valence-electron chi connectivity index (χ4n) is 5.16. The number of para-hydroxylation sites is 1. The molecule has 0 saturated carbocycles. The standard InChI is InChI=1S/C21H26ClN3O3/c1-10(2)9-13-14-15(18(27)25(17(14)26)20(3,4)5)21(24-13)11-7-6-8-12(22)16(11)23-19(21)28/h6-8,10,13-15,24H,9H2,1-5H3,(H,23,28)/t13-,14+,15-,21-/m0/s1. The molecule has 0 radical (unpaired) electrons. The Kier molecular flexibility index (Phi) is 4.18. The highest BCUT2D eigenvalue weighted by Crippen LogP contribution is 2.55. The number of carbonyl (C=O) groups is 3. The summed E-state index contributed by atoms with van der Waals surface area (Å²) in [6, 6.07) is 5.04. The molecule has 2 N–H and O–H groups in total. The number of anilines is 1. The second-order valence-electron chi connectivity index (χ2n) is 9.49. The first kappa shape index (κ1) is 19.4. The normalized spacial score (nSPS) is 31.8. The third-order valence-electron chi connectivity index (χ3n) is 6.10. The molecule has 3 amide bonds. The Morgan fingerprint density at radius 2 is 1.86 bits per heavy atom. The first-order valence-electron chi connectivity index (χ1n) is 9.76. The van der Waals surface area contributed by atoms with Gasteiger partial charge in [-0.25, -0.2) is 0 Å². The summed E-state index contributed by atoms with van der Waals surface area (Å²) in [6.45, 7) is 9.69. The minimum Gasteiger partial charge on any atom is -0.323 e. The number of carbonyl (C=O) groups excluding carboxylic acids is 3. The van der Waals surface area contributed by atoms with Crippen LogP contribution in [0.4, 0.5) is 5.69 Å². The molecular formula is C21H26ClN3O3. The molecule has 4 rings (SSSR count). The van der Waals surface area contributed by atoms with E-state index in [2.05, 4.69) is 24.5 Å². The van der Waals surface area contributed by atoms with Crippen molar-refractivity contribution in [2.24, 2.45) is 17.8 Å². The Morgan fingerprint density at radius 3 is 2.46 bits per heavy atom. The van der Waals surface area contributed by atoms with Gasteiger partial charge in [0.05, 0.1) is 22.5 Å². The van der Waals surface area contributed by atoms with E-state index >= 15 is 0 Å². The predicted molar refractivity (Wildman–Crippen MR) is 107 cm³/mol. The van der Waals surface area contributed by atoms with Crippen molar-refractivity contribution < 1.29 is 14.4 Å². The number of nitrogens with zero attached hydrogens (tertiary/aromatic N) is 1. The van der Waals surface area contributed by atoms with Crippen LogP contribution in [0.25, 0.3) is 0 Å². The zero-order valence-electron chi connectivity index (χ0n) is 16.8. The summed E-state index contributed by atoms with van der Waals surface area (Å²) in [6.07, 6.45) is 0.698. The van der Waals surface area contributed by atoms with E-state index in [0.717, 1.165) is 0 Å². The van der Waals surface area contributed by atoms with Crippen molar-refractivity contribution in [1.29, 1.82) is 0 Å². The lowest BCUT2D eigenvalue weighted by atomic mass is 9.76. The second kappa shape index (κ2) is 6.04. The lowest BCUT2D eigenvalue weighted by molar-refractivity contribution is -0.147. The topological polar surface area (TPSA) is 78.5 Å². The van der Waals surface area contributed by atoms with Crippen molar-refractivity contribution in [1.82, 2.24) is 10.2 Å². The highest BCUT2D eigenvalue weighted by molar-refractivity contribution is 6.35. The lowest BCUT2D eigenvalue weighted by Gasteiger charge is -2.34. The maximum absolute atomic E-state index is 13.5. The highest BCUT2D eigenvalue weighted by Gasteiger charge is 2.71. The van der Waals surface area contributed by atoms with Gasteiger partial charge in [0.25, 0.3) is 0 Å². The summed E-state index contributed by atoms with van der Waals surface area (Å²) in [5.74, 6) is -1.82. The van der Waals surface area contributed by atoms with Crippen molar-refractivity contribution in [2.45, 2.75) is 58.2 Å². The van der Waals surface area contributed by atoms with Crippen LogP contribution in [0, 0.1) is 17.8 Å². The molecule has 4 atom stereocenters. The molecule has 150 valence electrons. The molecule has 0 unspecified atom stereocenters. The number of rotatable bonds is 2. The average Bonchev–Trinajstić information content (AvgIpc) is 3.13. The molecule has 0 aliphatic carbocycles. The van der Waals surface area contributed by atoms with Gasteiger partial charge in [-0.1, -0.05) is 37.6 Å². The van der Waals surface area contributed by atoms with Gasteiger partial charge < -0.3 is 5.32 Å². The highest BCUT2D eigenvalue weighted by atomic mass is 35.5. The number of fused-ring (bicyclic) bond motifs is 4. The largest absolute Gasteiger partial charge is 0.323 e. The third kappa shape index (κ3) is 2.40. The van der Waals surface area contributed by atoms with E-state index in [9.17, 15) is 14.4 Å². The van der Waals surface area contributed by atoms with Crippen LogP contribution < -0.4 is 10.6 Å². The molecule has 2 saturated heterocycles. The molecule has 0 aromatic heterocycles. The van der Waals surface area contributed by atoms with E-state index in [0.29, 0.717) is 28.6 Å². The van der Waals surface area contributed by atoms with Crippen LogP contribution in [-0.2, 0) is 19.9 Å². The molecule has 1 aromatic carbocycles. The zero-order valence-corrected chi connectivity index (χ0v) is 17.6. The number of nitrogens with one attached hydrogen (secondary N) is 2. The fourth-order valence-corrected chi connectivity index (χ4v) is 5.39. The van der Waals surface area contributed by atoms with Gasteiger partial charge in [-0.3, -0.25) is 24.6 Å². The van der Waals surface area contributed by atoms with Gasteiger partial charge in [0.15, 0.2) is 0 Å². The van der Waals surface area contributed by atoms with Gasteiger partial charge in [0.2, 0.25) is 17.7 Å². The number of halogens is 1. The average molecular weight is 404 g/mol. The first-order valence-corrected chi connectivity index (χ1v) is 10.1. The van der Waals surface area contributed by atoms with Gasteiger partial charge in [-0.2, -0.15) is 0 Å². The molecule has 3 heterocycles. The molecule has 6 nitrogen and oxygen atoms in total. The van der Waals surface area contributed by atoms with Crippen molar-refractivity contribution in [2.75, 3.05) is 5.32 Å². The van der Waals surface area contributed by atoms with E-state index in [1.807, 2.05) is 26.8 Å². The smallest absolute Gasteiger partial charge is 0.250 e. The minimum atomic E-state index is -1.27. The lowest BCUT2D eigenvalue weighted by Crippen LogP contribution is -2.55. The van der Waals surface area contributed by atoms with E-state index in [-0.39, 0.29) is 23.8 Å². The number of benzene rings is 1. The van der Waals surface area contributed by atoms with Gasteiger partial charge in [-0.05, 0) is 39.2 Å². The van der Waals surface area contributed by atoms with Crippen LogP contribution >= 0.6 is 11.6 Å². The van der Waals surface area contributed by atoms with Crippen LogP contribution in [0.2, 0.25) is 5.02 Å². The van der Waals surface area contributed by atoms with Crippen LogP contribution in [-0.4, -0.2) is 34.2 Å². The minimum absolute atomic E-state index is 0.194. The molecule has 3 aliphatic rings. The summed E-state index contributed by atoms with van der Waals surface area (Å²) >= 11 is 6.32. The Morgan fingerprint density at radius 1 is 1.18 bits per heavy atom. The summed E-state index contributed by atoms with van der Waals surface area (Å²) in [5.41, 5.74) is -0.728. The Bertz CT molecular complexity index is 891. The monoisotopic (exact) mass is 403 g/mol. The maximum atomic E-state index is 13.5. The molecule has 28 heavy (non-hydrogen) atoms. The predicted octanol–water partition coefficient (Wildman–Crippen LogP) is 2.91. The molecule has 7 heteroatoms. The summed E-state index contributed by atoms with van der Waals surface area (Å²) in [4.78, 5) is 41.5. The van der Waals surface area contributed by atoms with Gasteiger partial charge in [0, 0.05) is 17.1 Å². The number of likely N-dealkylation sites (tertiary alicyclic amines) is 1. The van der Waals surface area contributed by atoms with Crippen molar-refractivity contribution >= 4 is 35.0 Å². The van der Waals surface area contributed by atoms with Crippen molar-refractivity contribution in [3.63, 3.8) is 0 Å². The van der Waals surface area contributed by atoms with Crippen LogP contribution in [0.15, 0.2) is 18.2 Å². The SMILES string of the molecule is CC(C)C[C@@H]1N[C@]2(C(=O)Nc3c(Cl)cccc32)[C@@H]2C(=O)N(C(C)(C)C)C(=O)[C@H]12. The van der Waals surface area contributed by atoms with Crippen LogP contribution in [0.5, 0.6) is 0 Å². The molecule has 0 bridgehead atoms. The molecule has 2 fully saturated rings. The Hall–Kier alpha value is -1.92. The number of imide groups is 1. The van der Waals surface area contributed by atoms with Crippen LogP contribution in [0.3, 0.4) is 0 Å². The number of hydrogen-bond acceptors (Lipinski definition) is 4. The first-order chi connectivity index (χ1) is 13.0. The fraction of sp³-hybridized carbons (Fsp3) is 0.571. The quantitative estimate of drug-likeness (QED) is 0.744. The third-order valence-corrected chi connectivity index (χ3v) is 6.41. The van der Waals surface area contributed by atoms with Crippen LogP contribution in [0.1, 0.15) is 46.6 Å².